The molecule has 180 valence electrons. The Morgan fingerprint density at radius 2 is 1.74 bits per heavy atom. The van der Waals surface area contributed by atoms with Gasteiger partial charge in [0.25, 0.3) is 0 Å². The lowest BCUT2D eigenvalue weighted by Gasteiger charge is -2.36. The predicted molar refractivity (Wildman–Crippen MR) is 136 cm³/mol. The van der Waals surface area contributed by atoms with Gasteiger partial charge in [-0.15, -0.1) is 0 Å². The van der Waals surface area contributed by atoms with E-state index >= 15 is 0 Å². The molecule has 3 aromatic rings. The van der Waals surface area contributed by atoms with Crippen LogP contribution in [-0.2, 0) is 22.0 Å². The Kier molecular flexibility index (Phi) is 5.67. The summed E-state index contributed by atoms with van der Waals surface area (Å²) in [5.74, 6) is 0.934. The molecule has 2 aliphatic rings. The molecule has 2 aromatic carbocycles. The molecule has 1 aromatic heterocycles. The second-order valence-electron chi connectivity index (χ2n) is 11.0. The van der Waals surface area contributed by atoms with Crippen LogP contribution in [0.4, 0.5) is 5.88 Å². The van der Waals surface area contributed by atoms with Gasteiger partial charge in [-0.2, -0.15) is 0 Å². The van der Waals surface area contributed by atoms with Crippen LogP contribution >= 0.6 is 0 Å². The highest BCUT2D eigenvalue weighted by Crippen LogP contribution is 2.49. The maximum absolute atomic E-state index is 11.9. The lowest BCUT2D eigenvalue weighted by molar-refractivity contribution is -0.120. The Morgan fingerprint density at radius 1 is 1.03 bits per heavy atom. The van der Waals surface area contributed by atoms with E-state index in [2.05, 4.69) is 72.2 Å². The molecule has 0 saturated carbocycles. The van der Waals surface area contributed by atoms with Gasteiger partial charge >= 0.3 is 0 Å². The molecule has 1 aliphatic heterocycles. The monoisotopic (exact) mass is 460 g/mol. The predicted octanol–water partition coefficient (Wildman–Crippen LogP) is 4.27. The maximum Gasteiger partial charge on any atom is 0.235 e. The number of amides is 1. The maximum atomic E-state index is 11.9. The van der Waals surface area contributed by atoms with Gasteiger partial charge in [-0.05, 0) is 35.2 Å². The number of benzene rings is 2. The van der Waals surface area contributed by atoms with Crippen molar-refractivity contribution in [2.45, 2.75) is 57.9 Å². The Balaban J connectivity index is 1.23. The number of carbonyl (C=O) groups excluding carboxylic acids is 1. The number of nitrogens with one attached hydrogen (secondary N) is 1. The van der Waals surface area contributed by atoms with Gasteiger partial charge in [0.05, 0.1) is 5.39 Å². The molecule has 6 heteroatoms. The topological polar surface area (TPSA) is 61.6 Å². The van der Waals surface area contributed by atoms with Gasteiger partial charge in [0.1, 0.15) is 5.52 Å². The number of nitrogens with zero attached hydrogens (tertiary/aromatic N) is 3. The number of piperazine rings is 1. The molecule has 1 fully saturated rings. The first-order valence-corrected chi connectivity index (χ1v) is 12.4. The van der Waals surface area contributed by atoms with E-state index < -0.39 is 0 Å². The van der Waals surface area contributed by atoms with Crippen LogP contribution in [0.3, 0.4) is 0 Å². The van der Waals surface area contributed by atoms with Crippen molar-refractivity contribution in [3.05, 3.63) is 59.2 Å². The van der Waals surface area contributed by atoms with Crippen LogP contribution < -0.4 is 10.2 Å². The summed E-state index contributed by atoms with van der Waals surface area (Å²) in [6.07, 6.45) is 1.03. The minimum Gasteiger partial charge on any atom is -0.352 e. The first-order chi connectivity index (χ1) is 16.2. The summed E-state index contributed by atoms with van der Waals surface area (Å²) in [6, 6.07) is 15.2. The highest BCUT2D eigenvalue weighted by molar-refractivity contribution is 5.88. The summed E-state index contributed by atoms with van der Waals surface area (Å²) in [6.45, 7) is 15.6. The van der Waals surface area contributed by atoms with E-state index in [9.17, 15) is 4.79 Å². The molecule has 1 aliphatic carbocycles. The van der Waals surface area contributed by atoms with Crippen LogP contribution in [0.1, 0.15) is 51.3 Å². The third-order valence-electron chi connectivity index (χ3n) is 8.00. The molecule has 1 amide bonds. The highest BCUT2D eigenvalue weighted by atomic mass is 16.5. The minimum atomic E-state index is -0.105. The van der Waals surface area contributed by atoms with E-state index in [1.165, 1.54) is 16.7 Å². The van der Waals surface area contributed by atoms with Crippen molar-refractivity contribution >= 4 is 22.7 Å². The second kappa shape index (κ2) is 8.42. The molecule has 34 heavy (non-hydrogen) atoms. The minimum absolute atomic E-state index is 0.0386. The highest BCUT2D eigenvalue weighted by Gasteiger charge is 2.51. The van der Waals surface area contributed by atoms with Gasteiger partial charge in [-0.3, -0.25) is 9.69 Å². The van der Waals surface area contributed by atoms with Gasteiger partial charge in [-0.1, -0.05) is 63.2 Å². The van der Waals surface area contributed by atoms with Gasteiger partial charge in [0.15, 0.2) is 0 Å². The first-order valence-electron chi connectivity index (χ1n) is 12.4. The SMILES string of the molecule is CC(=O)NC1C(C)(C)c2ccc(CCN3CCN(c4onc5ccccc45)CC3)cc2C1(C)C. The number of fused-ring (bicyclic) bond motifs is 2. The van der Waals surface area contributed by atoms with E-state index in [4.69, 9.17) is 4.52 Å². The summed E-state index contributed by atoms with van der Waals surface area (Å²) >= 11 is 0. The van der Waals surface area contributed by atoms with Gasteiger partial charge in [0, 0.05) is 56.5 Å². The van der Waals surface area contributed by atoms with Crippen molar-refractivity contribution in [2.75, 3.05) is 37.6 Å². The fourth-order valence-corrected chi connectivity index (χ4v) is 6.18. The zero-order valence-electron chi connectivity index (χ0n) is 21.0. The smallest absolute Gasteiger partial charge is 0.235 e. The summed E-state index contributed by atoms with van der Waals surface area (Å²) in [4.78, 5) is 16.8. The fourth-order valence-electron chi connectivity index (χ4n) is 6.18. The van der Waals surface area contributed by atoms with Crippen LogP contribution in [0.15, 0.2) is 47.0 Å². The number of aromatic nitrogens is 1. The molecule has 0 bridgehead atoms. The Morgan fingerprint density at radius 3 is 2.47 bits per heavy atom. The number of carbonyl (C=O) groups is 1. The van der Waals surface area contributed by atoms with E-state index in [1.807, 2.05) is 18.2 Å². The van der Waals surface area contributed by atoms with E-state index in [1.54, 1.807) is 6.92 Å². The van der Waals surface area contributed by atoms with Gasteiger partial charge in [0.2, 0.25) is 11.8 Å². The fraction of sp³-hybridized carbons (Fsp3) is 0.500. The molecule has 2 heterocycles. The number of hydrogen-bond acceptors (Lipinski definition) is 5. The Hall–Kier alpha value is -2.86. The zero-order valence-corrected chi connectivity index (χ0v) is 21.0. The average molecular weight is 461 g/mol. The van der Waals surface area contributed by atoms with Crippen LogP contribution in [0.5, 0.6) is 0 Å². The second-order valence-corrected chi connectivity index (χ2v) is 11.0. The molecule has 0 radical (unpaired) electrons. The quantitative estimate of drug-likeness (QED) is 0.616. The van der Waals surface area contributed by atoms with Crippen molar-refractivity contribution < 1.29 is 9.32 Å². The van der Waals surface area contributed by atoms with Gasteiger partial charge in [-0.25, -0.2) is 0 Å². The molecule has 1 N–H and O–H groups in total. The number of anilines is 1. The third-order valence-corrected chi connectivity index (χ3v) is 8.00. The standard InChI is InChI=1S/C28H36N4O2/c1-19(33)29-26-27(2,3)22-11-10-20(18-23(22)28(26,4)5)12-13-31-14-16-32(17-15-31)25-21-8-6-7-9-24(21)30-34-25/h6-11,18,26H,12-17H2,1-5H3,(H,29,33). The summed E-state index contributed by atoms with van der Waals surface area (Å²) in [5.41, 5.74) is 4.82. The van der Waals surface area contributed by atoms with Crippen molar-refractivity contribution in [1.29, 1.82) is 0 Å². The van der Waals surface area contributed by atoms with Crippen LogP contribution in [-0.4, -0.2) is 54.7 Å². The molecule has 5 rings (SSSR count). The van der Waals surface area contributed by atoms with Gasteiger partial charge < -0.3 is 14.7 Å². The largest absolute Gasteiger partial charge is 0.352 e. The molecule has 0 spiro atoms. The van der Waals surface area contributed by atoms with E-state index in [-0.39, 0.29) is 22.8 Å². The molecule has 1 atom stereocenters. The summed E-state index contributed by atoms with van der Waals surface area (Å²) in [7, 11) is 0. The van der Waals surface area contributed by atoms with E-state index in [0.717, 1.165) is 55.9 Å². The average Bonchev–Trinajstić information content (AvgIpc) is 3.30. The van der Waals surface area contributed by atoms with Crippen LogP contribution in [0, 0.1) is 0 Å². The summed E-state index contributed by atoms with van der Waals surface area (Å²) < 4.78 is 5.66. The number of rotatable bonds is 5. The zero-order chi connectivity index (χ0) is 24.1. The van der Waals surface area contributed by atoms with E-state index in [0.29, 0.717) is 0 Å². The number of hydrogen-bond donors (Lipinski definition) is 1. The molecule has 1 unspecified atom stereocenters. The molecular weight excluding hydrogens is 424 g/mol. The van der Waals surface area contributed by atoms with Crippen LogP contribution in [0.2, 0.25) is 0 Å². The normalized spacial score (nSPS) is 21.6. The molecule has 1 saturated heterocycles. The van der Waals surface area contributed by atoms with Crippen molar-refractivity contribution in [3.8, 4) is 0 Å². The first kappa shape index (κ1) is 22.9. The lowest BCUT2D eigenvalue weighted by atomic mass is 9.75. The van der Waals surface area contributed by atoms with Crippen LogP contribution in [0.25, 0.3) is 10.9 Å². The third kappa shape index (κ3) is 3.88. The van der Waals surface area contributed by atoms with Crippen molar-refractivity contribution in [1.82, 2.24) is 15.4 Å². The Bertz CT molecular complexity index is 1200. The summed E-state index contributed by atoms with van der Waals surface area (Å²) in [5, 5.41) is 8.54. The van der Waals surface area contributed by atoms with Crippen molar-refractivity contribution in [2.24, 2.45) is 0 Å². The molecule has 6 nitrogen and oxygen atoms in total. The Labute approximate surface area is 202 Å². The molecular formula is C28H36N4O2. The lowest BCUT2D eigenvalue weighted by Crippen LogP contribution is -2.51. The van der Waals surface area contributed by atoms with Crippen molar-refractivity contribution in [3.63, 3.8) is 0 Å².